The molecule has 0 bridgehead atoms. The van der Waals surface area contributed by atoms with Crippen LogP contribution >= 0.6 is 11.3 Å². The second-order valence-corrected chi connectivity index (χ2v) is 8.15. The summed E-state index contributed by atoms with van der Waals surface area (Å²) in [6, 6.07) is 18.6. The summed E-state index contributed by atoms with van der Waals surface area (Å²) in [5.74, 6) is 0.339. The third kappa shape index (κ3) is 4.33. The zero-order chi connectivity index (χ0) is 21.1. The molecule has 2 heterocycles. The van der Waals surface area contributed by atoms with Gasteiger partial charge in [0.1, 0.15) is 0 Å². The highest BCUT2D eigenvalue weighted by Gasteiger charge is 2.15. The molecule has 152 valence electrons. The maximum atomic E-state index is 12.3. The van der Waals surface area contributed by atoms with Gasteiger partial charge >= 0.3 is 6.03 Å². The summed E-state index contributed by atoms with van der Waals surface area (Å²) in [7, 11) is 0. The van der Waals surface area contributed by atoms with E-state index in [2.05, 4.69) is 26.1 Å². The van der Waals surface area contributed by atoms with Gasteiger partial charge in [0.25, 0.3) is 0 Å². The van der Waals surface area contributed by atoms with Gasteiger partial charge in [0.05, 0.1) is 10.2 Å². The Morgan fingerprint density at radius 2 is 1.67 bits per heavy atom. The highest BCUT2D eigenvalue weighted by atomic mass is 32.1. The number of nitrogens with zero attached hydrogens (tertiary/aromatic N) is 1. The minimum Gasteiger partial charge on any atom is -0.308 e. The van der Waals surface area contributed by atoms with Gasteiger partial charge in [0, 0.05) is 22.2 Å². The molecule has 2 aromatic heterocycles. The van der Waals surface area contributed by atoms with E-state index < -0.39 is 0 Å². The van der Waals surface area contributed by atoms with E-state index >= 15 is 0 Å². The largest absolute Gasteiger partial charge is 0.323 e. The Labute approximate surface area is 177 Å². The molecule has 3 amide bonds. The molecular weight excluding hydrogens is 398 g/mol. The van der Waals surface area contributed by atoms with Gasteiger partial charge in [-0.3, -0.25) is 9.89 Å². The van der Waals surface area contributed by atoms with Crippen LogP contribution in [0.1, 0.15) is 13.8 Å². The summed E-state index contributed by atoms with van der Waals surface area (Å²) in [5, 5.41) is 15.7. The molecule has 0 aliphatic heterocycles. The molecule has 0 aliphatic carbocycles. The molecule has 7 nitrogen and oxygen atoms in total. The molecule has 2 aromatic carbocycles. The molecule has 0 fully saturated rings. The van der Waals surface area contributed by atoms with Crippen molar-refractivity contribution in [2.45, 2.75) is 13.8 Å². The number of fused-ring (bicyclic) bond motifs is 1. The second kappa shape index (κ2) is 8.38. The molecule has 4 N–H and O–H groups in total. The Bertz CT molecular complexity index is 1200. The van der Waals surface area contributed by atoms with Gasteiger partial charge in [-0.05, 0) is 35.9 Å². The van der Waals surface area contributed by atoms with Crippen LogP contribution in [0.15, 0.2) is 60.7 Å². The fraction of sp³-hybridized carbons (Fsp3) is 0.136. The molecule has 30 heavy (non-hydrogen) atoms. The third-order valence-corrected chi connectivity index (χ3v) is 5.63. The Morgan fingerprint density at radius 3 is 2.43 bits per heavy atom. The van der Waals surface area contributed by atoms with E-state index in [9.17, 15) is 9.59 Å². The molecule has 0 aliphatic rings. The number of urea groups is 1. The van der Waals surface area contributed by atoms with Gasteiger partial charge in [0.15, 0.2) is 5.82 Å². The van der Waals surface area contributed by atoms with E-state index in [1.54, 1.807) is 0 Å². The smallest absolute Gasteiger partial charge is 0.308 e. The van der Waals surface area contributed by atoms with Crippen molar-refractivity contribution in [3.8, 4) is 10.4 Å². The SMILES string of the molecule is CC(C)C(=O)Nc1n[nH]c2cc(-c3cccc(NC(=O)Nc4ccccc4)c3)sc12. The van der Waals surface area contributed by atoms with Crippen LogP contribution < -0.4 is 16.0 Å². The van der Waals surface area contributed by atoms with E-state index in [1.165, 1.54) is 11.3 Å². The number of amides is 3. The number of aromatic nitrogens is 2. The first-order valence-electron chi connectivity index (χ1n) is 9.52. The predicted molar refractivity (Wildman–Crippen MR) is 122 cm³/mol. The molecule has 0 atom stereocenters. The van der Waals surface area contributed by atoms with Gasteiger partial charge in [-0.15, -0.1) is 11.3 Å². The number of hydrogen-bond donors (Lipinski definition) is 4. The van der Waals surface area contributed by atoms with Crippen molar-refractivity contribution in [2.24, 2.45) is 5.92 Å². The molecule has 0 saturated heterocycles. The lowest BCUT2D eigenvalue weighted by Gasteiger charge is -2.08. The molecule has 0 saturated carbocycles. The number of carbonyl (C=O) groups is 2. The molecule has 4 aromatic rings. The number of anilines is 3. The number of nitrogens with one attached hydrogen (secondary N) is 4. The fourth-order valence-corrected chi connectivity index (χ4v) is 3.92. The van der Waals surface area contributed by atoms with E-state index in [0.29, 0.717) is 11.5 Å². The van der Waals surface area contributed by atoms with Crippen LogP contribution in [0.4, 0.5) is 22.0 Å². The summed E-state index contributed by atoms with van der Waals surface area (Å²) in [6.07, 6.45) is 0. The van der Waals surface area contributed by atoms with E-state index in [0.717, 1.165) is 26.3 Å². The van der Waals surface area contributed by atoms with Crippen molar-refractivity contribution in [1.29, 1.82) is 0 Å². The first kappa shape index (κ1) is 19.7. The fourth-order valence-electron chi connectivity index (χ4n) is 2.87. The first-order valence-corrected chi connectivity index (χ1v) is 10.3. The molecule has 0 spiro atoms. The first-order chi connectivity index (χ1) is 14.5. The van der Waals surface area contributed by atoms with Crippen molar-refractivity contribution >= 4 is 50.7 Å². The quantitative estimate of drug-likeness (QED) is 0.342. The average molecular weight is 420 g/mol. The minimum absolute atomic E-state index is 0.0750. The summed E-state index contributed by atoms with van der Waals surface area (Å²) in [5.41, 5.74) is 3.23. The highest BCUT2D eigenvalue weighted by Crippen LogP contribution is 2.37. The number of aromatic amines is 1. The number of rotatable bonds is 5. The molecular formula is C22H21N5O2S. The van der Waals surface area contributed by atoms with Gasteiger partial charge in [-0.25, -0.2) is 4.79 Å². The van der Waals surface area contributed by atoms with Crippen LogP contribution in [0.5, 0.6) is 0 Å². The lowest BCUT2D eigenvalue weighted by molar-refractivity contribution is -0.118. The maximum Gasteiger partial charge on any atom is 0.323 e. The van der Waals surface area contributed by atoms with Crippen LogP contribution in [0, 0.1) is 5.92 Å². The Hall–Kier alpha value is -3.65. The van der Waals surface area contributed by atoms with Crippen molar-refractivity contribution in [3.63, 3.8) is 0 Å². The summed E-state index contributed by atoms with van der Waals surface area (Å²) in [4.78, 5) is 25.3. The monoisotopic (exact) mass is 419 g/mol. The zero-order valence-corrected chi connectivity index (χ0v) is 17.3. The lowest BCUT2D eigenvalue weighted by atomic mass is 10.1. The number of thiophene rings is 1. The van der Waals surface area contributed by atoms with Crippen LogP contribution in [0.2, 0.25) is 0 Å². The minimum atomic E-state index is -0.306. The normalized spacial score (nSPS) is 10.9. The number of para-hydroxylation sites is 1. The molecule has 8 heteroatoms. The lowest BCUT2D eigenvalue weighted by Crippen LogP contribution is -2.19. The van der Waals surface area contributed by atoms with Crippen LogP contribution in [0.25, 0.3) is 20.7 Å². The molecule has 0 radical (unpaired) electrons. The van der Waals surface area contributed by atoms with Gasteiger partial charge in [0.2, 0.25) is 5.91 Å². The highest BCUT2D eigenvalue weighted by molar-refractivity contribution is 7.22. The molecule has 0 unspecified atom stereocenters. The van der Waals surface area contributed by atoms with Crippen LogP contribution in [0.3, 0.4) is 0 Å². The van der Waals surface area contributed by atoms with Crippen LogP contribution in [-0.2, 0) is 4.79 Å². The average Bonchev–Trinajstić information content (AvgIpc) is 3.31. The van der Waals surface area contributed by atoms with Crippen molar-refractivity contribution < 1.29 is 9.59 Å². The predicted octanol–water partition coefficient (Wildman–Crippen LogP) is 5.53. The standard InChI is InChI=1S/C22H21N5O2S/c1-13(2)21(28)25-20-19-17(26-27-20)12-18(30-19)14-7-6-10-16(11-14)24-22(29)23-15-8-4-3-5-9-15/h3-13H,1-2H3,(H2,23,24,29)(H2,25,26,27,28). The third-order valence-electron chi connectivity index (χ3n) is 4.44. The summed E-state index contributed by atoms with van der Waals surface area (Å²) >= 11 is 1.53. The Morgan fingerprint density at radius 1 is 0.933 bits per heavy atom. The second-order valence-electron chi connectivity index (χ2n) is 7.10. The summed E-state index contributed by atoms with van der Waals surface area (Å²) in [6.45, 7) is 3.68. The van der Waals surface area contributed by atoms with Crippen molar-refractivity contribution in [1.82, 2.24) is 10.2 Å². The maximum absolute atomic E-state index is 12.3. The van der Waals surface area contributed by atoms with Crippen molar-refractivity contribution in [2.75, 3.05) is 16.0 Å². The number of H-pyrrole nitrogens is 1. The Kier molecular flexibility index (Phi) is 5.49. The van der Waals surface area contributed by atoms with E-state index in [-0.39, 0.29) is 17.9 Å². The van der Waals surface area contributed by atoms with E-state index in [1.807, 2.05) is 74.5 Å². The number of benzene rings is 2. The number of hydrogen-bond acceptors (Lipinski definition) is 4. The zero-order valence-electron chi connectivity index (χ0n) is 16.5. The molecule has 4 rings (SSSR count). The van der Waals surface area contributed by atoms with Gasteiger partial charge < -0.3 is 16.0 Å². The number of carbonyl (C=O) groups excluding carboxylic acids is 2. The van der Waals surface area contributed by atoms with Crippen molar-refractivity contribution in [3.05, 3.63) is 60.7 Å². The van der Waals surface area contributed by atoms with E-state index in [4.69, 9.17) is 0 Å². The summed E-state index contributed by atoms with van der Waals surface area (Å²) < 4.78 is 0.888. The topological polar surface area (TPSA) is 98.9 Å². The van der Waals surface area contributed by atoms with Gasteiger partial charge in [-0.1, -0.05) is 44.2 Å². The van der Waals surface area contributed by atoms with Gasteiger partial charge in [-0.2, -0.15) is 5.10 Å². The Balaban J connectivity index is 1.52. The van der Waals surface area contributed by atoms with Crippen LogP contribution in [-0.4, -0.2) is 22.1 Å².